The maximum Gasteiger partial charge on any atom is 0.227 e. The molecule has 1 amide bonds. The summed E-state index contributed by atoms with van der Waals surface area (Å²) in [5.74, 6) is 1.10. The van der Waals surface area contributed by atoms with Crippen LogP contribution in [0, 0.1) is 11.3 Å². The topological polar surface area (TPSA) is 101 Å². The van der Waals surface area contributed by atoms with Crippen LogP contribution in [0.15, 0.2) is 0 Å². The van der Waals surface area contributed by atoms with E-state index in [1.54, 1.807) is 0 Å². The van der Waals surface area contributed by atoms with Crippen molar-refractivity contribution in [3.05, 3.63) is 11.3 Å². The minimum absolute atomic E-state index is 0.0670. The lowest BCUT2D eigenvalue weighted by Crippen LogP contribution is -2.40. The fourth-order valence-corrected chi connectivity index (χ4v) is 3.75. The van der Waals surface area contributed by atoms with Crippen LogP contribution >= 0.6 is 0 Å². The van der Waals surface area contributed by atoms with Crippen molar-refractivity contribution >= 4 is 23.5 Å². The maximum atomic E-state index is 12.6. The Kier molecular flexibility index (Phi) is 4.67. The van der Waals surface area contributed by atoms with Gasteiger partial charge in [0.1, 0.15) is 5.82 Å². The maximum absolute atomic E-state index is 12.6. The molecule has 2 aliphatic rings. The summed E-state index contributed by atoms with van der Waals surface area (Å²) in [7, 11) is 0. The van der Waals surface area contributed by atoms with E-state index in [0.717, 1.165) is 25.0 Å². The molecule has 0 aromatic carbocycles. The number of nitrogens with one attached hydrogen (secondary N) is 1. The van der Waals surface area contributed by atoms with Crippen LogP contribution in [-0.4, -0.2) is 41.3 Å². The SMILES string of the molecule is CCNc1nc(N2CCC(C(N)=O)CC2)nc2c1C(=O)CC(C)(C)C2. The third-order valence-electron chi connectivity index (χ3n) is 5.06. The van der Waals surface area contributed by atoms with Crippen molar-refractivity contribution in [2.45, 2.75) is 46.5 Å². The van der Waals surface area contributed by atoms with E-state index in [1.165, 1.54) is 0 Å². The smallest absolute Gasteiger partial charge is 0.227 e. The van der Waals surface area contributed by atoms with Crippen LogP contribution in [0.4, 0.5) is 11.8 Å². The van der Waals surface area contributed by atoms with Crippen LogP contribution in [0.3, 0.4) is 0 Å². The zero-order valence-electron chi connectivity index (χ0n) is 15.3. The summed E-state index contributed by atoms with van der Waals surface area (Å²) in [5.41, 5.74) is 6.81. The Hall–Kier alpha value is -2.18. The Morgan fingerprint density at radius 2 is 1.96 bits per heavy atom. The normalized spacial score (nSPS) is 20.3. The van der Waals surface area contributed by atoms with Gasteiger partial charge in [-0.2, -0.15) is 4.98 Å². The van der Waals surface area contributed by atoms with E-state index in [-0.39, 0.29) is 23.0 Å². The average molecular weight is 345 g/mol. The molecule has 0 radical (unpaired) electrons. The Morgan fingerprint density at radius 3 is 2.56 bits per heavy atom. The number of carbonyl (C=O) groups is 2. The van der Waals surface area contributed by atoms with Gasteiger partial charge in [-0.15, -0.1) is 0 Å². The van der Waals surface area contributed by atoms with Crippen molar-refractivity contribution in [2.75, 3.05) is 29.9 Å². The molecule has 0 atom stereocenters. The van der Waals surface area contributed by atoms with Crippen molar-refractivity contribution in [3.8, 4) is 0 Å². The van der Waals surface area contributed by atoms with Crippen LogP contribution in [0.2, 0.25) is 0 Å². The highest BCUT2D eigenvalue weighted by Gasteiger charge is 2.35. The minimum atomic E-state index is -0.230. The second-order valence-corrected chi connectivity index (χ2v) is 7.83. The van der Waals surface area contributed by atoms with E-state index < -0.39 is 0 Å². The van der Waals surface area contributed by atoms with Gasteiger partial charge in [0.2, 0.25) is 11.9 Å². The van der Waals surface area contributed by atoms with Gasteiger partial charge in [0.25, 0.3) is 0 Å². The number of rotatable bonds is 4. The number of aromatic nitrogens is 2. The number of carbonyl (C=O) groups excluding carboxylic acids is 2. The summed E-state index contributed by atoms with van der Waals surface area (Å²) in [6.45, 7) is 8.29. The Balaban J connectivity index is 1.93. The van der Waals surface area contributed by atoms with E-state index in [0.29, 0.717) is 43.4 Å². The van der Waals surface area contributed by atoms with Crippen molar-refractivity contribution in [1.29, 1.82) is 0 Å². The summed E-state index contributed by atoms with van der Waals surface area (Å²) in [4.78, 5) is 35.4. The molecule has 1 fully saturated rings. The number of primary amides is 1. The molecule has 7 heteroatoms. The van der Waals surface area contributed by atoms with Crippen LogP contribution in [0.5, 0.6) is 0 Å². The minimum Gasteiger partial charge on any atom is -0.370 e. The first-order valence-electron chi connectivity index (χ1n) is 9.03. The van der Waals surface area contributed by atoms with Gasteiger partial charge in [-0.25, -0.2) is 4.98 Å². The molecule has 1 saturated heterocycles. The summed E-state index contributed by atoms with van der Waals surface area (Å²) < 4.78 is 0. The van der Waals surface area contributed by atoms with Gasteiger partial charge in [-0.3, -0.25) is 9.59 Å². The number of ketones is 1. The molecular weight excluding hydrogens is 318 g/mol. The number of fused-ring (bicyclic) bond motifs is 1. The zero-order valence-corrected chi connectivity index (χ0v) is 15.3. The molecule has 0 spiro atoms. The molecule has 0 saturated carbocycles. The van der Waals surface area contributed by atoms with E-state index in [1.807, 2.05) is 6.92 Å². The highest BCUT2D eigenvalue weighted by molar-refractivity contribution is 6.03. The number of hydrogen-bond donors (Lipinski definition) is 2. The number of nitrogens with two attached hydrogens (primary N) is 1. The first kappa shape index (κ1) is 17.6. The van der Waals surface area contributed by atoms with Gasteiger partial charge in [0.15, 0.2) is 5.78 Å². The van der Waals surface area contributed by atoms with Crippen LogP contribution in [-0.2, 0) is 11.2 Å². The van der Waals surface area contributed by atoms with Crippen molar-refractivity contribution < 1.29 is 9.59 Å². The van der Waals surface area contributed by atoms with Gasteiger partial charge in [-0.05, 0) is 31.6 Å². The van der Waals surface area contributed by atoms with E-state index >= 15 is 0 Å². The lowest BCUT2D eigenvalue weighted by atomic mass is 9.75. The number of piperidine rings is 1. The van der Waals surface area contributed by atoms with Crippen LogP contribution in [0.25, 0.3) is 0 Å². The fourth-order valence-electron chi connectivity index (χ4n) is 3.75. The lowest BCUT2D eigenvalue weighted by Gasteiger charge is -2.34. The monoisotopic (exact) mass is 345 g/mol. The molecule has 25 heavy (non-hydrogen) atoms. The number of nitrogens with zero attached hydrogens (tertiary/aromatic N) is 3. The number of hydrogen-bond acceptors (Lipinski definition) is 6. The van der Waals surface area contributed by atoms with Crippen molar-refractivity contribution in [2.24, 2.45) is 17.1 Å². The van der Waals surface area contributed by atoms with Crippen molar-refractivity contribution in [3.63, 3.8) is 0 Å². The second kappa shape index (κ2) is 6.61. The second-order valence-electron chi connectivity index (χ2n) is 7.83. The molecule has 1 aromatic heterocycles. The van der Waals surface area contributed by atoms with E-state index in [2.05, 4.69) is 29.0 Å². The van der Waals surface area contributed by atoms with Crippen LogP contribution in [0.1, 0.15) is 56.1 Å². The van der Waals surface area contributed by atoms with Gasteiger partial charge in [0.05, 0.1) is 11.3 Å². The Labute approximate surface area is 148 Å². The lowest BCUT2D eigenvalue weighted by molar-refractivity contribution is -0.122. The molecule has 3 N–H and O–H groups in total. The van der Waals surface area contributed by atoms with Crippen molar-refractivity contribution in [1.82, 2.24) is 9.97 Å². The van der Waals surface area contributed by atoms with Gasteiger partial charge in [0, 0.05) is 32.0 Å². The third-order valence-corrected chi connectivity index (χ3v) is 5.06. The highest BCUT2D eigenvalue weighted by atomic mass is 16.1. The quantitative estimate of drug-likeness (QED) is 0.862. The summed E-state index contributed by atoms with van der Waals surface area (Å²) in [6.07, 6.45) is 2.72. The van der Waals surface area contributed by atoms with Crippen LogP contribution < -0.4 is 16.0 Å². The van der Waals surface area contributed by atoms with E-state index in [4.69, 9.17) is 10.7 Å². The number of anilines is 2. The van der Waals surface area contributed by atoms with E-state index in [9.17, 15) is 9.59 Å². The molecule has 7 nitrogen and oxygen atoms in total. The summed E-state index contributed by atoms with van der Waals surface area (Å²) in [5, 5.41) is 3.23. The molecule has 0 bridgehead atoms. The number of amides is 1. The van der Waals surface area contributed by atoms with Gasteiger partial charge in [-0.1, -0.05) is 13.8 Å². The molecular formula is C18H27N5O2. The fraction of sp³-hybridized carbons (Fsp3) is 0.667. The molecule has 3 rings (SSSR count). The Morgan fingerprint density at radius 1 is 1.28 bits per heavy atom. The summed E-state index contributed by atoms with van der Waals surface area (Å²) >= 11 is 0. The molecule has 136 valence electrons. The first-order chi connectivity index (χ1) is 11.8. The standard InChI is InChI=1S/C18H27N5O2/c1-4-20-16-14-12(9-18(2,3)10-13(14)24)21-17(22-16)23-7-5-11(6-8-23)15(19)25/h11H,4-10H2,1-3H3,(H2,19,25)(H,20,21,22). The summed E-state index contributed by atoms with van der Waals surface area (Å²) in [6, 6.07) is 0. The largest absolute Gasteiger partial charge is 0.370 e. The highest BCUT2D eigenvalue weighted by Crippen LogP contribution is 2.37. The molecule has 1 aliphatic carbocycles. The predicted octanol–water partition coefficient (Wildman–Crippen LogP) is 1.77. The molecule has 1 aromatic rings. The molecule has 2 heterocycles. The predicted molar refractivity (Wildman–Crippen MR) is 96.8 cm³/mol. The van der Waals surface area contributed by atoms with Gasteiger partial charge < -0.3 is 16.0 Å². The first-order valence-corrected chi connectivity index (χ1v) is 9.03. The Bertz CT molecular complexity index is 693. The zero-order chi connectivity index (χ0) is 18.2. The average Bonchev–Trinajstić information content (AvgIpc) is 2.53. The third kappa shape index (κ3) is 3.60. The molecule has 0 unspecified atom stereocenters. The molecule has 1 aliphatic heterocycles. The number of Topliss-reactive ketones (excluding diaryl/α,β-unsaturated/α-hetero) is 1. The van der Waals surface area contributed by atoms with Gasteiger partial charge >= 0.3 is 0 Å².